The molecule has 2 saturated carbocycles. The number of benzene rings is 2. The van der Waals surface area contributed by atoms with E-state index in [0.29, 0.717) is 23.7 Å². The number of aromatic nitrogens is 4. The van der Waals surface area contributed by atoms with Crippen LogP contribution in [0.1, 0.15) is 329 Å². The Morgan fingerprint density at radius 2 is 0.597 bits per heavy atom. The molecule has 0 spiro atoms. The summed E-state index contributed by atoms with van der Waals surface area (Å²) >= 11 is 0. The molecule has 4 aromatic rings. The van der Waals surface area contributed by atoms with Crippen LogP contribution in [0.3, 0.4) is 0 Å². The van der Waals surface area contributed by atoms with Crippen LogP contribution in [0.15, 0.2) is 61.2 Å². The zero-order chi connectivity index (χ0) is 53.8. The number of aryl methyl sites for hydroxylation is 4. The molecule has 2 aromatic carbocycles. The minimum absolute atomic E-state index is 0.475. The molecule has 0 bridgehead atoms. The average molecular weight is 1050 g/mol. The van der Waals surface area contributed by atoms with Crippen LogP contribution < -0.4 is 4.74 Å². The monoisotopic (exact) mass is 1050 g/mol. The summed E-state index contributed by atoms with van der Waals surface area (Å²) in [4.78, 5) is 19.9. The Morgan fingerprint density at radius 1 is 0.325 bits per heavy atom. The molecule has 0 aliphatic heterocycles. The topological polar surface area (TPSA) is 60.8 Å². The maximum absolute atomic E-state index is 7.25. The molecule has 6 rings (SSSR count). The maximum Gasteiger partial charge on any atom is 0.131 e. The lowest BCUT2D eigenvalue weighted by atomic mass is 9.78. The van der Waals surface area contributed by atoms with Gasteiger partial charge in [0, 0.05) is 36.6 Å². The Labute approximate surface area is 474 Å². The maximum atomic E-state index is 7.25. The number of ether oxygens (including phenoxy) is 1. The summed E-state index contributed by atoms with van der Waals surface area (Å²) in [5.74, 6) is 6.56. The van der Waals surface area contributed by atoms with E-state index in [9.17, 15) is 0 Å². The van der Waals surface area contributed by atoms with E-state index in [1.54, 1.807) is 0 Å². The molecule has 2 aliphatic rings. The highest BCUT2D eigenvalue weighted by Crippen LogP contribution is 2.41. The zero-order valence-electron chi connectivity index (χ0n) is 50.4. The minimum atomic E-state index is 0.475. The molecule has 77 heavy (non-hydrogen) atoms. The Morgan fingerprint density at radius 3 is 0.896 bits per heavy atom. The number of unbranched alkanes of at least 4 members (excludes halogenated alkanes) is 26. The Kier molecular flexibility index (Phi) is 31.6. The third-order valence-corrected chi connectivity index (χ3v) is 18.1. The predicted molar refractivity (Wildman–Crippen MR) is 330 cm³/mol. The molecule has 428 valence electrons. The van der Waals surface area contributed by atoms with Gasteiger partial charge in [0.2, 0.25) is 0 Å². The molecule has 2 fully saturated rings. The van der Waals surface area contributed by atoms with Crippen LogP contribution in [-0.4, -0.2) is 19.9 Å². The molecule has 0 saturated heterocycles. The first-order chi connectivity index (χ1) is 38.0. The molecule has 2 aliphatic carbocycles. The summed E-state index contributed by atoms with van der Waals surface area (Å²) in [5, 5.41) is 0. The summed E-state index contributed by atoms with van der Waals surface area (Å²) in [6.45, 7) is 9.23. The van der Waals surface area contributed by atoms with Crippen molar-refractivity contribution < 1.29 is 4.74 Å². The van der Waals surface area contributed by atoms with Crippen LogP contribution in [0.5, 0.6) is 11.5 Å². The fourth-order valence-electron chi connectivity index (χ4n) is 13.0. The number of nitrogens with zero attached hydrogens (tertiary/aromatic N) is 4. The van der Waals surface area contributed by atoms with Crippen molar-refractivity contribution in [2.24, 2.45) is 11.8 Å². The van der Waals surface area contributed by atoms with E-state index in [0.717, 1.165) is 61.7 Å². The van der Waals surface area contributed by atoms with Crippen LogP contribution in [0.25, 0.3) is 0 Å². The standard InChI is InChI=1S/C72H114N4O/c1-5-9-13-17-19-21-23-25-29-33-37-63-55-73-71(74-56-63)65-45-39-61(40-46-65)53-67-51-59(35-31-27-15-11-7-3)43-49-69(67)77-70-50-44-60(36-32-28-16-12-8-4)52-68(70)54-62-41-47-66(48-42-62)72-75-57-64(58-76-72)38-34-30-26-24-22-20-18-14-10-6-2/h43-44,49-52,55-58,61-62,65-66H,5-42,45-48,53-54H2,1-4H3/t61-,62-,65-,66-. The Hall–Kier alpha value is -3.60. The molecule has 0 atom stereocenters. The largest absolute Gasteiger partial charge is 0.457 e. The van der Waals surface area contributed by atoms with E-state index in [1.807, 2.05) is 0 Å². The van der Waals surface area contributed by atoms with E-state index in [2.05, 4.69) is 88.9 Å². The molecular formula is C72H114N4O. The van der Waals surface area contributed by atoms with E-state index >= 15 is 0 Å². The van der Waals surface area contributed by atoms with Crippen molar-refractivity contribution in [1.82, 2.24) is 19.9 Å². The van der Waals surface area contributed by atoms with Gasteiger partial charge in [0.1, 0.15) is 23.1 Å². The highest BCUT2D eigenvalue weighted by atomic mass is 16.5. The van der Waals surface area contributed by atoms with Crippen molar-refractivity contribution in [3.63, 3.8) is 0 Å². The van der Waals surface area contributed by atoms with Gasteiger partial charge in [-0.3, -0.25) is 0 Å². The van der Waals surface area contributed by atoms with Gasteiger partial charge in [-0.05, 0) is 173 Å². The highest BCUT2D eigenvalue weighted by molar-refractivity contribution is 5.45. The molecule has 5 heteroatoms. The molecule has 2 aromatic heterocycles. The smallest absolute Gasteiger partial charge is 0.131 e. The number of hydrogen-bond acceptors (Lipinski definition) is 5. The van der Waals surface area contributed by atoms with E-state index in [-0.39, 0.29) is 0 Å². The van der Waals surface area contributed by atoms with Gasteiger partial charge in [0.15, 0.2) is 0 Å². The highest BCUT2D eigenvalue weighted by Gasteiger charge is 2.28. The molecule has 0 amide bonds. The number of rotatable bonds is 42. The number of hydrogen-bond donors (Lipinski definition) is 0. The molecular weight excluding hydrogens is 937 g/mol. The van der Waals surface area contributed by atoms with E-state index < -0.39 is 0 Å². The van der Waals surface area contributed by atoms with Gasteiger partial charge in [0.25, 0.3) is 0 Å². The van der Waals surface area contributed by atoms with Crippen LogP contribution >= 0.6 is 0 Å². The van der Waals surface area contributed by atoms with Crippen LogP contribution in [0, 0.1) is 11.8 Å². The molecule has 0 unspecified atom stereocenters. The van der Waals surface area contributed by atoms with Gasteiger partial charge in [-0.15, -0.1) is 0 Å². The first-order valence-electron chi connectivity index (χ1n) is 33.6. The van der Waals surface area contributed by atoms with Crippen molar-refractivity contribution in [1.29, 1.82) is 0 Å². The van der Waals surface area contributed by atoms with Crippen LogP contribution in [0.4, 0.5) is 0 Å². The predicted octanol–water partition coefficient (Wildman–Crippen LogP) is 22.0. The van der Waals surface area contributed by atoms with E-state index in [1.165, 1.54) is 277 Å². The summed E-state index contributed by atoms with van der Waals surface area (Å²) < 4.78 is 7.25. The lowest BCUT2D eigenvalue weighted by Crippen LogP contribution is -2.18. The van der Waals surface area contributed by atoms with Crippen LogP contribution in [-0.2, 0) is 38.5 Å². The SMILES string of the molecule is CCCCCCCCCCCCc1cnc([C@H]2CC[C@H](Cc3cc(CCCCCCC)ccc3Oc3ccc(CCCCCCC)cc3C[C@H]3CC[C@H](c4ncc(CCCCCCCCCCCC)cn4)CC3)CC2)nc1. The van der Waals surface area contributed by atoms with Gasteiger partial charge in [-0.1, -0.05) is 219 Å². The van der Waals surface area contributed by atoms with Crippen molar-refractivity contribution in [2.45, 2.75) is 322 Å². The summed E-state index contributed by atoms with van der Waals surface area (Å²) in [7, 11) is 0. The lowest BCUT2D eigenvalue weighted by Gasteiger charge is -2.29. The summed E-state index contributed by atoms with van der Waals surface area (Å²) in [6, 6.07) is 14.5. The summed E-state index contributed by atoms with van der Waals surface area (Å²) in [6.07, 6.45) is 65.6. The minimum Gasteiger partial charge on any atom is -0.457 e. The second-order valence-electron chi connectivity index (χ2n) is 24.9. The van der Waals surface area contributed by atoms with Gasteiger partial charge >= 0.3 is 0 Å². The fraction of sp³-hybridized carbons (Fsp3) is 0.722. The van der Waals surface area contributed by atoms with Gasteiger partial charge in [0.05, 0.1) is 0 Å². The lowest BCUT2D eigenvalue weighted by molar-refractivity contribution is 0.312. The molecule has 0 N–H and O–H groups in total. The quantitative estimate of drug-likeness (QED) is 0.0414. The van der Waals surface area contributed by atoms with Crippen molar-refractivity contribution in [3.8, 4) is 11.5 Å². The van der Waals surface area contributed by atoms with Crippen molar-refractivity contribution >= 4 is 0 Å². The van der Waals surface area contributed by atoms with Gasteiger partial charge in [-0.25, -0.2) is 19.9 Å². The normalized spacial score (nSPS) is 17.8. The van der Waals surface area contributed by atoms with Gasteiger partial charge < -0.3 is 4.74 Å². The molecule has 2 heterocycles. The third-order valence-electron chi connectivity index (χ3n) is 18.1. The first kappa shape index (κ1) is 62.6. The molecule has 5 nitrogen and oxygen atoms in total. The second kappa shape index (κ2) is 38.9. The fourth-order valence-corrected chi connectivity index (χ4v) is 13.0. The third kappa shape index (κ3) is 24.8. The first-order valence-corrected chi connectivity index (χ1v) is 33.6. The average Bonchev–Trinajstić information content (AvgIpc) is 3.46. The van der Waals surface area contributed by atoms with Crippen molar-refractivity contribution in [3.05, 3.63) is 106 Å². The zero-order valence-corrected chi connectivity index (χ0v) is 50.4. The van der Waals surface area contributed by atoms with Crippen molar-refractivity contribution in [2.75, 3.05) is 0 Å². The summed E-state index contributed by atoms with van der Waals surface area (Å²) in [5.41, 5.74) is 8.40. The Balaban J connectivity index is 1.03. The Bertz CT molecular complexity index is 1930. The van der Waals surface area contributed by atoms with Gasteiger partial charge in [-0.2, -0.15) is 0 Å². The molecule has 0 radical (unpaired) electrons. The second-order valence-corrected chi connectivity index (χ2v) is 24.9. The van der Waals surface area contributed by atoms with E-state index in [4.69, 9.17) is 24.7 Å². The van der Waals surface area contributed by atoms with Crippen LogP contribution in [0.2, 0.25) is 0 Å².